The van der Waals surface area contributed by atoms with Gasteiger partial charge in [0.2, 0.25) is 0 Å². The summed E-state index contributed by atoms with van der Waals surface area (Å²) in [5, 5.41) is 1.08. The van der Waals surface area contributed by atoms with E-state index < -0.39 is 0 Å². The quantitative estimate of drug-likeness (QED) is 0.647. The molecule has 3 aromatic rings. The summed E-state index contributed by atoms with van der Waals surface area (Å²) < 4.78 is 17.0. The molecule has 5 nitrogen and oxygen atoms in total. The van der Waals surface area contributed by atoms with Gasteiger partial charge in [-0.15, -0.1) is 0 Å². The zero-order chi connectivity index (χ0) is 19.3. The number of ether oxygens (including phenoxy) is 2. The van der Waals surface area contributed by atoms with Gasteiger partial charge in [0.1, 0.15) is 23.8 Å². The number of hydrogen-bond donors (Lipinski definition) is 0. The molecule has 0 saturated heterocycles. The molecule has 28 heavy (non-hydrogen) atoms. The van der Waals surface area contributed by atoms with Crippen molar-refractivity contribution in [1.29, 1.82) is 0 Å². The maximum atomic E-state index is 12.3. The minimum absolute atomic E-state index is 0.181. The van der Waals surface area contributed by atoms with Gasteiger partial charge in [-0.05, 0) is 55.5 Å². The third-order valence-corrected chi connectivity index (χ3v) is 5.87. The molecule has 1 aliphatic heterocycles. The molecule has 1 aliphatic carbocycles. The van der Waals surface area contributed by atoms with Gasteiger partial charge in [0.05, 0.1) is 7.11 Å². The molecule has 0 N–H and O–H groups in total. The lowest BCUT2D eigenvalue weighted by Gasteiger charge is -2.30. The first-order chi connectivity index (χ1) is 13.6. The van der Waals surface area contributed by atoms with Crippen LogP contribution in [0.2, 0.25) is 0 Å². The Morgan fingerprint density at radius 1 is 1.14 bits per heavy atom. The molecule has 0 radical (unpaired) electrons. The lowest BCUT2D eigenvalue weighted by Crippen LogP contribution is -2.32. The average molecular weight is 377 g/mol. The van der Waals surface area contributed by atoms with Crippen molar-refractivity contribution >= 4 is 11.0 Å². The molecule has 2 aliphatic rings. The first-order valence-electron chi connectivity index (χ1n) is 9.73. The molecule has 5 rings (SSSR count). The minimum Gasteiger partial charge on any atom is -0.497 e. The maximum Gasteiger partial charge on any atom is 0.339 e. The Balaban J connectivity index is 1.49. The van der Waals surface area contributed by atoms with Crippen molar-refractivity contribution in [3.05, 3.63) is 68.6 Å². The van der Waals surface area contributed by atoms with E-state index in [2.05, 4.69) is 23.1 Å². The molecule has 0 spiro atoms. The summed E-state index contributed by atoms with van der Waals surface area (Å²) in [7, 11) is 1.68. The van der Waals surface area contributed by atoms with Crippen molar-refractivity contribution in [3.63, 3.8) is 0 Å². The average Bonchev–Trinajstić information content (AvgIpc) is 3.21. The second-order valence-corrected chi connectivity index (χ2v) is 7.68. The van der Waals surface area contributed by atoms with Crippen LogP contribution < -0.4 is 15.1 Å². The van der Waals surface area contributed by atoms with Gasteiger partial charge in [0.25, 0.3) is 0 Å². The van der Waals surface area contributed by atoms with Gasteiger partial charge < -0.3 is 13.9 Å². The smallest absolute Gasteiger partial charge is 0.339 e. The van der Waals surface area contributed by atoms with Crippen LogP contribution in [-0.2, 0) is 25.9 Å². The fourth-order valence-electron chi connectivity index (χ4n) is 4.48. The summed E-state index contributed by atoms with van der Waals surface area (Å²) in [5.41, 5.74) is 5.85. The Hall–Kier alpha value is -2.79. The second kappa shape index (κ2) is 6.67. The van der Waals surface area contributed by atoms with Crippen LogP contribution in [0.5, 0.6) is 11.5 Å². The van der Waals surface area contributed by atoms with Crippen molar-refractivity contribution in [1.82, 2.24) is 4.90 Å². The summed E-state index contributed by atoms with van der Waals surface area (Å²) in [6.45, 7) is 4.12. The summed E-state index contributed by atoms with van der Waals surface area (Å²) in [6, 6.07) is 10.3. The predicted octanol–water partition coefficient (Wildman–Crippen LogP) is 3.95. The van der Waals surface area contributed by atoms with Crippen molar-refractivity contribution < 1.29 is 13.9 Å². The van der Waals surface area contributed by atoms with Gasteiger partial charge in [-0.2, -0.15) is 0 Å². The standard InChI is InChI=1S/C23H23NO4/c1-14-21-16(10-20-18-4-3-5-19(18)23(25)28-22(14)20)12-24(13-27-21)11-15-6-8-17(26-2)9-7-15/h6-10H,3-5,11-13H2,1-2H3. The van der Waals surface area contributed by atoms with E-state index in [1.807, 2.05) is 19.1 Å². The van der Waals surface area contributed by atoms with Crippen molar-refractivity contribution in [2.75, 3.05) is 13.8 Å². The monoisotopic (exact) mass is 377 g/mol. The van der Waals surface area contributed by atoms with E-state index in [-0.39, 0.29) is 5.63 Å². The molecule has 2 aromatic carbocycles. The van der Waals surface area contributed by atoms with Gasteiger partial charge in [0.15, 0.2) is 0 Å². The number of fused-ring (bicyclic) bond motifs is 4. The van der Waals surface area contributed by atoms with Crippen LogP contribution in [0.25, 0.3) is 11.0 Å². The summed E-state index contributed by atoms with van der Waals surface area (Å²) >= 11 is 0. The van der Waals surface area contributed by atoms with E-state index >= 15 is 0 Å². The zero-order valence-corrected chi connectivity index (χ0v) is 16.2. The molecule has 0 atom stereocenters. The van der Waals surface area contributed by atoms with Crippen molar-refractivity contribution in [2.45, 2.75) is 39.3 Å². The highest BCUT2D eigenvalue weighted by Gasteiger charge is 2.26. The van der Waals surface area contributed by atoms with Crippen LogP contribution in [0.4, 0.5) is 0 Å². The largest absolute Gasteiger partial charge is 0.497 e. The molecule has 144 valence electrons. The normalized spacial score (nSPS) is 15.9. The van der Waals surface area contributed by atoms with E-state index in [1.54, 1.807) is 7.11 Å². The first kappa shape index (κ1) is 17.3. The van der Waals surface area contributed by atoms with Gasteiger partial charge >= 0.3 is 5.63 Å². The van der Waals surface area contributed by atoms with Crippen molar-refractivity contribution in [2.24, 2.45) is 0 Å². The Labute approximate surface area is 163 Å². The highest BCUT2D eigenvalue weighted by Crippen LogP contribution is 2.38. The SMILES string of the molecule is COc1ccc(CN2COc3c(cc4c5c(c(=O)oc4c3C)CCC5)C2)cc1. The van der Waals surface area contributed by atoms with Crippen LogP contribution in [0, 0.1) is 6.92 Å². The van der Waals surface area contributed by atoms with E-state index in [0.29, 0.717) is 12.3 Å². The molecular weight excluding hydrogens is 354 g/mol. The van der Waals surface area contributed by atoms with E-state index in [9.17, 15) is 4.79 Å². The van der Waals surface area contributed by atoms with Gasteiger partial charge in [-0.3, -0.25) is 4.90 Å². The van der Waals surface area contributed by atoms with Crippen LogP contribution in [-0.4, -0.2) is 18.7 Å². The van der Waals surface area contributed by atoms with Crippen LogP contribution in [0.3, 0.4) is 0 Å². The molecule has 5 heteroatoms. The van der Waals surface area contributed by atoms with Crippen LogP contribution >= 0.6 is 0 Å². The minimum atomic E-state index is -0.181. The van der Waals surface area contributed by atoms with Crippen molar-refractivity contribution in [3.8, 4) is 11.5 Å². The Morgan fingerprint density at radius 3 is 2.71 bits per heavy atom. The molecule has 0 saturated carbocycles. The zero-order valence-electron chi connectivity index (χ0n) is 16.2. The molecule has 0 unspecified atom stereocenters. The fraction of sp³-hybridized carbons (Fsp3) is 0.348. The first-order valence-corrected chi connectivity index (χ1v) is 9.73. The van der Waals surface area contributed by atoms with Gasteiger partial charge in [0, 0.05) is 35.2 Å². The molecule has 1 aromatic heterocycles. The molecular formula is C23H23NO4. The number of methoxy groups -OCH3 is 1. The van der Waals surface area contributed by atoms with Crippen LogP contribution in [0.1, 0.15) is 34.2 Å². The Bertz CT molecular complexity index is 1110. The number of benzene rings is 2. The lowest BCUT2D eigenvalue weighted by molar-refractivity contribution is 0.0881. The highest BCUT2D eigenvalue weighted by atomic mass is 16.5. The summed E-state index contributed by atoms with van der Waals surface area (Å²) in [4.78, 5) is 14.6. The number of rotatable bonds is 3. The second-order valence-electron chi connectivity index (χ2n) is 7.68. The molecule has 0 amide bonds. The molecule has 2 heterocycles. The molecule has 0 fully saturated rings. The fourth-order valence-corrected chi connectivity index (χ4v) is 4.48. The highest BCUT2D eigenvalue weighted by molar-refractivity contribution is 5.87. The third-order valence-electron chi connectivity index (χ3n) is 5.87. The number of hydrogen-bond acceptors (Lipinski definition) is 5. The maximum absolute atomic E-state index is 12.3. The summed E-state index contributed by atoms with van der Waals surface area (Å²) in [5.74, 6) is 1.72. The van der Waals surface area contributed by atoms with E-state index in [0.717, 1.165) is 65.9 Å². The van der Waals surface area contributed by atoms with Gasteiger partial charge in [-0.1, -0.05) is 12.1 Å². The van der Waals surface area contributed by atoms with E-state index in [4.69, 9.17) is 13.9 Å². The topological polar surface area (TPSA) is 51.9 Å². The number of nitrogens with zero attached hydrogens (tertiary/aromatic N) is 1. The third kappa shape index (κ3) is 2.78. The summed E-state index contributed by atoms with van der Waals surface area (Å²) in [6.07, 6.45) is 2.80. The Morgan fingerprint density at radius 2 is 1.93 bits per heavy atom. The molecule has 0 bridgehead atoms. The van der Waals surface area contributed by atoms with Gasteiger partial charge in [-0.25, -0.2) is 4.79 Å². The predicted molar refractivity (Wildman–Crippen MR) is 107 cm³/mol. The number of aryl methyl sites for hydroxylation is 2. The van der Waals surface area contributed by atoms with Crippen LogP contribution in [0.15, 0.2) is 39.5 Å². The Kier molecular flexibility index (Phi) is 4.13. The lowest BCUT2D eigenvalue weighted by atomic mass is 9.99. The van der Waals surface area contributed by atoms with E-state index in [1.165, 1.54) is 11.1 Å².